The highest BCUT2D eigenvalue weighted by molar-refractivity contribution is 9.10. The molecule has 3 heteroatoms. The highest BCUT2D eigenvalue weighted by Gasteiger charge is 2.03. The summed E-state index contributed by atoms with van der Waals surface area (Å²) < 4.78 is 0.861. The number of nitrogens with zero attached hydrogens (tertiary/aromatic N) is 1. The van der Waals surface area contributed by atoms with Crippen molar-refractivity contribution < 1.29 is 0 Å². The van der Waals surface area contributed by atoms with Crippen LogP contribution in [0.15, 0.2) is 16.9 Å². The van der Waals surface area contributed by atoms with Crippen LogP contribution in [0.3, 0.4) is 0 Å². The highest BCUT2D eigenvalue weighted by atomic mass is 79.9. The second-order valence-electron chi connectivity index (χ2n) is 2.65. The van der Waals surface area contributed by atoms with Gasteiger partial charge in [0, 0.05) is 12.2 Å². The summed E-state index contributed by atoms with van der Waals surface area (Å²) in [6.07, 6.45) is 1.81. The molecule has 0 saturated carbocycles. The Balaban J connectivity index is 3.09. The monoisotopic (exact) mass is 214 g/mol. The van der Waals surface area contributed by atoms with Crippen LogP contribution in [0.5, 0.6) is 0 Å². The van der Waals surface area contributed by atoms with Crippen LogP contribution in [0.4, 0.5) is 0 Å². The van der Waals surface area contributed by atoms with Crippen LogP contribution in [0, 0.1) is 6.92 Å². The molecule has 1 aromatic rings. The van der Waals surface area contributed by atoms with Crippen molar-refractivity contribution in [3.05, 3.63) is 28.0 Å². The van der Waals surface area contributed by atoms with Gasteiger partial charge in [0.15, 0.2) is 0 Å². The summed E-state index contributed by atoms with van der Waals surface area (Å²) in [4.78, 5) is 4.10. The first-order valence-corrected chi connectivity index (χ1v) is 4.28. The molecule has 0 bridgehead atoms. The van der Waals surface area contributed by atoms with E-state index < -0.39 is 0 Å². The Labute approximate surface area is 75.0 Å². The second-order valence-corrected chi connectivity index (χ2v) is 3.46. The maximum Gasteiger partial charge on any atom is 0.106 e. The van der Waals surface area contributed by atoms with Gasteiger partial charge in [-0.3, -0.25) is 0 Å². The standard InChI is InChI=1S/C8H11BrN2/c1-5-3-8(9)11-4-7(5)6(2)10/h3-4,6H,10H2,1-2H3/t6-/m1/s1. The zero-order valence-electron chi connectivity index (χ0n) is 6.63. The van der Waals surface area contributed by atoms with E-state index >= 15 is 0 Å². The minimum Gasteiger partial charge on any atom is -0.324 e. The number of hydrogen-bond acceptors (Lipinski definition) is 2. The van der Waals surface area contributed by atoms with E-state index in [-0.39, 0.29) is 6.04 Å². The molecule has 1 atom stereocenters. The summed E-state index contributed by atoms with van der Waals surface area (Å²) in [6, 6.07) is 2.04. The van der Waals surface area contributed by atoms with Gasteiger partial charge in [-0.05, 0) is 47.0 Å². The largest absolute Gasteiger partial charge is 0.324 e. The van der Waals surface area contributed by atoms with Gasteiger partial charge in [-0.2, -0.15) is 0 Å². The average molecular weight is 215 g/mol. The molecular weight excluding hydrogens is 204 g/mol. The molecule has 0 spiro atoms. The fourth-order valence-electron chi connectivity index (χ4n) is 1.01. The van der Waals surface area contributed by atoms with Crippen LogP contribution in [0.1, 0.15) is 24.1 Å². The van der Waals surface area contributed by atoms with Gasteiger partial charge >= 0.3 is 0 Å². The SMILES string of the molecule is Cc1cc(Br)ncc1[C@@H](C)N. The Morgan fingerprint density at radius 1 is 1.64 bits per heavy atom. The van der Waals surface area contributed by atoms with E-state index in [1.54, 1.807) is 0 Å². The van der Waals surface area contributed by atoms with Crippen molar-refractivity contribution in [1.29, 1.82) is 0 Å². The summed E-state index contributed by atoms with van der Waals surface area (Å²) in [5, 5.41) is 0. The number of aryl methyl sites for hydroxylation is 1. The normalized spacial score (nSPS) is 13.1. The minimum absolute atomic E-state index is 0.0654. The van der Waals surface area contributed by atoms with Gasteiger partial charge in [-0.25, -0.2) is 4.98 Å². The van der Waals surface area contributed by atoms with Crippen molar-refractivity contribution in [2.24, 2.45) is 5.73 Å². The first kappa shape index (κ1) is 8.68. The van der Waals surface area contributed by atoms with Crippen molar-refractivity contribution in [2.45, 2.75) is 19.9 Å². The van der Waals surface area contributed by atoms with Gasteiger partial charge in [-0.1, -0.05) is 0 Å². The van der Waals surface area contributed by atoms with E-state index in [0.717, 1.165) is 10.2 Å². The molecule has 0 radical (unpaired) electrons. The summed E-state index contributed by atoms with van der Waals surface area (Å²) in [5.74, 6) is 0. The molecule has 0 aliphatic heterocycles. The fourth-order valence-corrected chi connectivity index (χ4v) is 1.45. The van der Waals surface area contributed by atoms with Crippen molar-refractivity contribution in [1.82, 2.24) is 4.98 Å². The van der Waals surface area contributed by atoms with E-state index in [4.69, 9.17) is 5.73 Å². The molecule has 60 valence electrons. The Hall–Kier alpha value is -0.410. The van der Waals surface area contributed by atoms with E-state index in [2.05, 4.69) is 20.9 Å². The van der Waals surface area contributed by atoms with Gasteiger partial charge in [-0.15, -0.1) is 0 Å². The zero-order valence-corrected chi connectivity index (χ0v) is 8.22. The number of hydrogen-bond donors (Lipinski definition) is 1. The predicted octanol–water partition coefficient (Wildman–Crippen LogP) is 2.17. The van der Waals surface area contributed by atoms with Crippen molar-refractivity contribution in [2.75, 3.05) is 0 Å². The molecule has 2 nitrogen and oxygen atoms in total. The maximum atomic E-state index is 5.71. The number of aromatic nitrogens is 1. The molecule has 0 amide bonds. The van der Waals surface area contributed by atoms with Crippen LogP contribution in [-0.2, 0) is 0 Å². The van der Waals surface area contributed by atoms with E-state index in [0.29, 0.717) is 0 Å². The van der Waals surface area contributed by atoms with Crippen molar-refractivity contribution in [3.8, 4) is 0 Å². The highest BCUT2D eigenvalue weighted by Crippen LogP contribution is 2.16. The van der Waals surface area contributed by atoms with E-state index in [9.17, 15) is 0 Å². The fraction of sp³-hybridized carbons (Fsp3) is 0.375. The Morgan fingerprint density at radius 3 is 2.73 bits per heavy atom. The Morgan fingerprint density at radius 2 is 2.27 bits per heavy atom. The molecule has 0 aromatic carbocycles. The zero-order chi connectivity index (χ0) is 8.43. The summed E-state index contributed by atoms with van der Waals surface area (Å²) in [7, 11) is 0. The van der Waals surface area contributed by atoms with Gasteiger partial charge < -0.3 is 5.73 Å². The van der Waals surface area contributed by atoms with Crippen LogP contribution >= 0.6 is 15.9 Å². The average Bonchev–Trinajstić information content (AvgIpc) is 1.85. The number of rotatable bonds is 1. The molecule has 1 rings (SSSR count). The molecule has 0 unspecified atom stereocenters. The van der Waals surface area contributed by atoms with Crippen LogP contribution in [-0.4, -0.2) is 4.98 Å². The van der Waals surface area contributed by atoms with Crippen LogP contribution in [0.2, 0.25) is 0 Å². The van der Waals surface area contributed by atoms with E-state index in [1.165, 1.54) is 5.56 Å². The van der Waals surface area contributed by atoms with Gasteiger partial charge in [0.25, 0.3) is 0 Å². The van der Waals surface area contributed by atoms with E-state index in [1.807, 2.05) is 26.1 Å². The summed E-state index contributed by atoms with van der Waals surface area (Å²) in [5.41, 5.74) is 8.00. The van der Waals surface area contributed by atoms with Crippen molar-refractivity contribution >= 4 is 15.9 Å². The quantitative estimate of drug-likeness (QED) is 0.729. The Bertz CT molecular complexity index is 258. The third-order valence-corrected chi connectivity index (χ3v) is 2.04. The summed E-state index contributed by atoms with van der Waals surface area (Å²) in [6.45, 7) is 3.99. The molecule has 1 heterocycles. The smallest absolute Gasteiger partial charge is 0.106 e. The third-order valence-electron chi connectivity index (χ3n) is 1.61. The van der Waals surface area contributed by atoms with Gasteiger partial charge in [0.2, 0.25) is 0 Å². The van der Waals surface area contributed by atoms with Crippen molar-refractivity contribution in [3.63, 3.8) is 0 Å². The first-order valence-electron chi connectivity index (χ1n) is 3.49. The molecule has 1 aromatic heterocycles. The van der Waals surface area contributed by atoms with Gasteiger partial charge in [0.05, 0.1) is 0 Å². The topological polar surface area (TPSA) is 38.9 Å². The number of halogens is 1. The minimum atomic E-state index is 0.0654. The molecule has 0 fully saturated rings. The number of nitrogens with two attached hydrogens (primary N) is 1. The molecule has 0 aliphatic rings. The van der Waals surface area contributed by atoms with Gasteiger partial charge in [0.1, 0.15) is 4.60 Å². The molecule has 0 saturated heterocycles. The van der Waals surface area contributed by atoms with Crippen LogP contribution in [0.25, 0.3) is 0 Å². The molecule has 2 N–H and O–H groups in total. The molecular formula is C8H11BrN2. The lowest BCUT2D eigenvalue weighted by Crippen LogP contribution is -2.07. The van der Waals surface area contributed by atoms with Crippen LogP contribution < -0.4 is 5.73 Å². The molecule has 11 heavy (non-hydrogen) atoms. The first-order chi connectivity index (χ1) is 5.11. The Kier molecular flexibility index (Phi) is 2.62. The lowest BCUT2D eigenvalue weighted by molar-refractivity contribution is 0.801. The lowest BCUT2D eigenvalue weighted by Gasteiger charge is -2.08. The molecule has 0 aliphatic carbocycles. The second kappa shape index (κ2) is 3.32. The predicted molar refractivity (Wildman–Crippen MR) is 49.3 cm³/mol. The maximum absolute atomic E-state index is 5.71. The number of pyridine rings is 1. The third kappa shape index (κ3) is 2.01. The summed E-state index contributed by atoms with van der Waals surface area (Å²) >= 11 is 3.29. The lowest BCUT2D eigenvalue weighted by atomic mass is 10.1.